The van der Waals surface area contributed by atoms with Gasteiger partial charge in [0.25, 0.3) is 0 Å². The topological polar surface area (TPSA) is 47.1 Å². The van der Waals surface area contributed by atoms with Crippen molar-refractivity contribution in [3.8, 4) is 0 Å². The molecule has 16 heavy (non-hydrogen) atoms. The molecule has 1 aromatic heterocycles. The molecule has 1 aromatic rings. The first-order chi connectivity index (χ1) is 7.63. The van der Waals surface area contributed by atoms with Crippen LogP contribution >= 0.6 is 0 Å². The van der Waals surface area contributed by atoms with Crippen molar-refractivity contribution in [2.24, 2.45) is 12.8 Å². The zero-order chi connectivity index (χ0) is 11.7. The summed E-state index contributed by atoms with van der Waals surface area (Å²) in [6.07, 6.45) is 2.27. The number of aryl methyl sites for hydroxylation is 2. The van der Waals surface area contributed by atoms with Gasteiger partial charge in [-0.2, -0.15) is 5.10 Å². The molecular weight excluding hydrogens is 200 g/mol. The molecule has 2 atom stereocenters. The minimum atomic E-state index is 0.251. The zero-order valence-electron chi connectivity index (χ0n) is 10.5. The van der Waals surface area contributed by atoms with Gasteiger partial charge in [-0.1, -0.05) is 6.92 Å². The fourth-order valence-electron chi connectivity index (χ4n) is 2.73. The molecule has 0 spiro atoms. The first-order valence-electron chi connectivity index (χ1n) is 6.13. The van der Waals surface area contributed by atoms with Crippen LogP contribution in [0.15, 0.2) is 6.07 Å². The van der Waals surface area contributed by atoms with Gasteiger partial charge in [0.15, 0.2) is 0 Å². The number of rotatable bonds is 3. The predicted octanol–water partition coefficient (Wildman–Crippen LogP) is 1.21. The smallest absolute Gasteiger partial charge is 0.0671 e. The van der Waals surface area contributed by atoms with Crippen LogP contribution in [0.1, 0.15) is 37.2 Å². The highest BCUT2D eigenvalue weighted by Gasteiger charge is 2.34. The van der Waals surface area contributed by atoms with Crippen LogP contribution in [0.2, 0.25) is 0 Å². The van der Waals surface area contributed by atoms with Crippen LogP contribution in [0.25, 0.3) is 0 Å². The fraction of sp³-hybridized carbons (Fsp3) is 0.750. The Morgan fingerprint density at radius 2 is 2.31 bits per heavy atom. The summed E-state index contributed by atoms with van der Waals surface area (Å²) in [5.41, 5.74) is 8.56. The Morgan fingerprint density at radius 3 is 2.88 bits per heavy atom. The van der Waals surface area contributed by atoms with Crippen LogP contribution < -0.4 is 5.73 Å². The molecule has 1 aliphatic rings. The molecule has 4 nitrogen and oxygen atoms in total. The van der Waals surface area contributed by atoms with Crippen molar-refractivity contribution in [1.29, 1.82) is 0 Å². The predicted molar refractivity (Wildman–Crippen MR) is 65.1 cm³/mol. The lowest BCUT2D eigenvalue weighted by Crippen LogP contribution is -2.33. The molecule has 0 amide bonds. The third-order valence-corrected chi connectivity index (χ3v) is 3.40. The lowest BCUT2D eigenvalue weighted by Gasteiger charge is -2.26. The van der Waals surface area contributed by atoms with Crippen molar-refractivity contribution in [1.82, 2.24) is 14.7 Å². The molecule has 1 aliphatic heterocycles. The van der Waals surface area contributed by atoms with E-state index in [0.717, 1.165) is 25.2 Å². The first-order valence-corrected chi connectivity index (χ1v) is 6.13. The third-order valence-electron chi connectivity index (χ3n) is 3.40. The van der Waals surface area contributed by atoms with E-state index in [2.05, 4.69) is 23.0 Å². The average Bonchev–Trinajstić information content (AvgIpc) is 2.71. The van der Waals surface area contributed by atoms with E-state index in [9.17, 15) is 0 Å². The Hall–Kier alpha value is -0.870. The lowest BCUT2D eigenvalue weighted by atomic mass is 10.1. The summed E-state index contributed by atoms with van der Waals surface area (Å²) < 4.78 is 1.98. The van der Waals surface area contributed by atoms with Crippen LogP contribution in [0.5, 0.6) is 0 Å². The molecular formula is C12H22N4. The summed E-state index contributed by atoms with van der Waals surface area (Å²) in [4.78, 5) is 2.49. The van der Waals surface area contributed by atoms with E-state index in [4.69, 9.17) is 5.73 Å². The van der Waals surface area contributed by atoms with Crippen molar-refractivity contribution in [3.05, 3.63) is 17.5 Å². The molecule has 0 aliphatic carbocycles. The van der Waals surface area contributed by atoms with Crippen molar-refractivity contribution >= 4 is 0 Å². The van der Waals surface area contributed by atoms with Gasteiger partial charge < -0.3 is 5.73 Å². The SMILES string of the molecule is CCCN1CC[C@@H](N)[C@@H]1c1cc(C)nn1C. The fourth-order valence-corrected chi connectivity index (χ4v) is 2.73. The maximum absolute atomic E-state index is 6.23. The van der Waals surface area contributed by atoms with Gasteiger partial charge in [-0.15, -0.1) is 0 Å². The Kier molecular flexibility index (Phi) is 3.30. The maximum atomic E-state index is 6.23. The number of aromatic nitrogens is 2. The van der Waals surface area contributed by atoms with Crippen LogP contribution in [0, 0.1) is 6.92 Å². The Balaban J connectivity index is 2.26. The highest BCUT2D eigenvalue weighted by molar-refractivity contribution is 5.17. The number of likely N-dealkylation sites (tertiary alicyclic amines) is 1. The molecule has 2 rings (SSSR count). The van der Waals surface area contributed by atoms with Crippen LogP contribution in [0.3, 0.4) is 0 Å². The molecule has 0 radical (unpaired) electrons. The Bertz CT molecular complexity index is 356. The molecule has 0 unspecified atom stereocenters. The highest BCUT2D eigenvalue weighted by Crippen LogP contribution is 2.31. The molecule has 2 heterocycles. The second kappa shape index (κ2) is 4.55. The van der Waals surface area contributed by atoms with E-state index in [1.165, 1.54) is 12.1 Å². The standard InChI is InChI=1S/C12H22N4/c1-4-6-16-7-5-10(13)12(16)11-8-9(2)14-15(11)3/h8,10,12H,4-7,13H2,1-3H3/t10-,12-/m1/s1. The van der Waals surface area contributed by atoms with Crippen molar-refractivity contribution < 1.29 is 0 Å². The maximum Gasteiger partial charge on any atom is 0.0671 e. The zero-order valence-corrected chi connectivity index (χ0v) is 10.5. The largest absolute Gasteiger partial charge is 0.326 e. The van der Waals surface area contributed by atoms with E-state index >= 15 is 0 Å². The molecule has 1 saturated heterocycles. The van der Waals surface area contributed by atoms with E-state index < -0.39 is 0 Å². The first kappa shape index (κ1) is 11.6. The van der Waals surface area contributed by atoms with Crippen LogP contribution in [-0.2, 0) is 7.05 Å². The second-order valence-corrected chi connectivity index (χ2v) is 4.77. The summed E-state index contributed by atoms with van der Waals surface area (Å²) in [7, 11) is 2.01. The number of hydrogen-bond donors (Lipinski definition) is 1. The molecule has 0 aromatic carbocycles. The van der Waals surface area contributed by atoms with Crippen molar-refractivity contribution in [2.75, 3.05) is 13.1 Å². The quantitative estimate of drug-likeness (QED) is 0.836. The lowest BCUT2D eigenvalue weighted by molar-refractivity contribution is 0.239. The van der Waals surface area contributed by atoms with E-state index in [1.54, 1.807) is 0 Å². The average molecular weight is 222 g/mol. The van der Waals surface area contributed by atoms with Gasteiger partial charge in [0, 0.05) is 19.6 Å². The van der Waals surface area contributed by atoms with Gasteiger partial charge in [-0.05, 0) is 32.4 Å². The number of nitrogens with two attached hydrogens (primary N) is 1. The van der Waals surface area contributed by atoms with Gasteiger partial charge in [-0.3, -0.25) is 9.58 Å². The summed E-state index contributed by atoms with van der Waals surface area (Å²) in [6, 6.07) is 2.77. The molecule has 90 valence electrons. The minimum Gasteiger partial charge on any atom is -0.326 e. The minimum absolute atomic E-state index is 0.251. The normalized spacial score (nSPS) is 26.5. The number of nitrogens with zero attached hydrogens (tertiary/aromatic N) is 3. The Labute approximate surface area is 97.4 Å². The molecule has 2 N–H and O–H groups in total. The van der Waals surface area contributed by atoms with E-state index in [-0.39, 0.29) is 6.04 Å². The summed E-state index contributed by atoms with van der Waals surface area (Å²) in [5, 5.41) is 4.42. The van der Waals surface area contributed by atoms with Gasteiger partial charge in [0.2, 0.25) is 0 Å². The van der Waals surface area contributed by atoms with Crippen LogP contribution in [-0.4, -0.2) is 33.8 Å². The second-order valence-electron chi connectivity index (χ2n) is 4.77. The summed E-state index contributed by atoms with van der Waals surface area (Å²) >= 11 is 0. The summed E-state index contributed by atoms with van der Waals surface area (Å²) in [5.74, 6) is 0. The van der Waals surface area contributed by atoms with Crippen LogP contribution in [0.4, 0.5) is 0 Å². The van der Waals surface area contributed by atoms with E-state index in [1.807, 2.05) is 18.7 Å². The molecule has 0 saturated carbocycles. The summed E-state index contributed by atoms with van der Waals surface area (Å²) in [6.45, 7) is 6.50. The van der Waals surface area contributed by atoms with Crippen molar-refractivity contribution in [2.45, 2.75) is 38.8 Å². The molecule has 0 bridgehead atoms. The van der Waals surface area contributed by atoms with Crippen molar-refractivity contribution in [3.63, 3.8) is 0 Å². The van der Waals surface area contributed by atoms with Gasteiger partial charge in [0.1, 0.15) is 0 Å². The van der Waals surface area contributed by atoms with Gasteiger partial charge in [-0.25, -0.2) is 0 Å². The Morgan fingerprint density at radius 1 is 1.56 bits per heavy atom. The highest BCUT2D eigenvalue weighted by atomic mass is 15.3. The number of hydrogen-bond acceptors (Lipinski definition) is 3. The molecule has 1 fully saturated rings. The van der Waals surface area contributed by atoms with Gasteiger partial charge in [0.05, 0.1) is 17.4 Å². The monoisotopic (exact) mass is 222 g/mol. The molecule has 4 heteroatoms. The van der Waals surface area contributed by atoms with E-state index in [0.29, 0.717) is 6.04 Å². The van der Waals surface area contributed by atoms with Gasteiger partial charge >= 0.3 is 0 Å². The third kappa shape index (κ3) is 1.99.